The Morgan fingerprint density at radius 1 is 1.16 bits per heavy atom. The van der Waals surface area contributed by atoms with Crippen molar-refractivity contribution >= 4 is 11.9 Å². The molecule has 4 aliphatic rings. The highest BCUT2D eigenvalue weighted by Crippen LogP contribution is 2.65. The van der Waals surface area contributed by atoms with Crippen LogP contribution in [0.25, 0.3) is 0 Å². The number of hydrogen-bond donors (Lipinski definition) is 0. The molecule has 140 valence electrons. The summed E-state index contributed by atoms with van der Waals surface area (Å²) < 4.78 is 11.2. The summed E-state index contributed by atoms with van der Waals surface area (Å²) in [5.74, 6) is 0.810. The van der Waals surface area contributed by atoms with E-state index in [1.165, 1.54) is 32.1 Å². The molecule has 2 atom stereocenters. The lowest BCUT2D eigenvalue weighted by Gasteiger charge is -2.64. The maximum Gasteiger partial charge on any atom is 0.344 e. The number of ether oxygens (including phenoxy) is 2. The first-order valence-electron chi connectivity index (χ1n) is 9.82. The van der Waals surface area contributed by atoms with Crippen LogP contribution in [0.3, 0.4) is 0 Å². The maximum absolute atomic E-state index is 12.5. The van der Waals surface area contributed by atoms with Crippen molar-refractivity contribution in [2.75, 3.05) is 6.61 Å². The standard InChI is InChI=1S/C21H32O4/c1-5-6-7-21(25-18(22)13-24-19(23)14(2)3)16-8-15-9-17(21)12-20(4,10-15)11-16/h15-17H,2,5-13H2,1,3-4H3. The molecule has 4 heteroatoms. The number of rotatable bonds is 7. The van der Waals surface area contributed by atoms with Crippen molar-refractivity contribution in [3.8, 4) is 0 Å². The summed E-state index contributed by atoms with van der Waals surface area (Å²) in [7, 11) is 0. The second-order valence-corrected chi connectivity index (χ2v) is 9.04. The zero-order chi connectivity index (χ0) is 18.2. The fourth-order valence-electron chi connectivity index (χ4n) is 6.02. The van der Waals surface area contributed by atoms with Crippen molar-refractivity contribution in [1.82, 2.24) is 0 Å². The van der Waals surface area contributed by atoms with Gasteiger partial charge in [0.2, 0.25) is 0 Å². The molecule has 0 aromatic rings. The molecule has 4 rings (SSSR count). The highest BCUT2D eigenvalue weighted by Gasteiger charge is 2.62. The Morgan fingerprint density at radius 3 is 2.32 bits per heavy atom. The monoisotopic (exact) mass is 348 g/mol. The van der Waals surface area contributed by atoms with Gasteiger partial charge in [-0.1, -0.05) is 26.8 Å². The number of carbonyl (C=O) groups is 2. The Kier molecular flexibility index (Phi) is 5.00. The topological polar surface area (TPSA) is 52.6 Å². The van der Waals surface area contributed by atoms with Crippen LogP contribution in [0, 0.1) is 23.2 Å². The molecule has 4 bridgehead atoms. The summed E-state index contributed by atoms with van der Waals surface area (Å²) in [6.07, 6.45) is 9.18. The molecule has 4 aliphatic carbocycles. The second-order valence-electron chi connectivity index (χ2n) is 9.04. The summed E-state index contributed by atoms with van der Waals surface area (Å²) in [5.41, 5.74) is 0.403. The van der Waals surface area contributed by atoms with Crippen LogP contribution in [0.5, 0.6) is 0 Å². The molecule has 0 saturated heterocycles. The zero-order valence-electron chi connectivity index (χ0n) is 15.9. The molecule has 4 nitrogen and oxygen atoms in total. The van der Waals surface area contributed by atoms with Crippen LogP contribution in [0.1, 0.15) is 72.1 Å². The molecule has 2 unspecified atom stereocenters. The number of esters is 2. The Hall–Kier alpha value is -1.32. The van der Waals surface area contributed by atoms with E-state index in [-0.39, 0.29) is 12.2 Å². The van der Waals surface area contributed by atoms with Gasteiger partial charge in [0.05, 0.1) is 0 Å². The molecular formula is C21H32O4. The van der Waals surface area contributed by atoms with Gasteiger partial charge in [-0.3, -0.25) is 0 Å². The third-order valence-electron chi connectivity index (χ3n) is 6.77. The van der Waals surface area contributed by atoms with Crippen LogP contribution in [0.4, 0.5) is 0 Å². The SMILES string of the molecule is C=C(C)C(=O)OCC(=O)OC1(CCCC)C2CC3CC1CC(C)(C3)C2. The highest BCUT2D eigenvalue weighted by molar-refractivity contribution is 5.88. The molecule has 0 amide bonds. The molecular weight excluding hydrogens is 316 g/mol. The van der Waals surface area contributed by atoms with Crippen LogP contribution in [-0.2, 0) is 19.1 Å². The second kappa shape index (κ2) is 6.77. The largest absolute Gasteiger partial charge is 0.456 e. The highest BCUT2D eigenvalue weighted by atomic mass is 16.6. The van der Waals surface area contributed by atoms with Gasteiger partial charge in [0.25, 0.3) is 0 Å². The van der Waals surface area contributed by atoms with Crippen molar-refractivity contribution in [2.24, 2.45) is 23.2 Å². The normalized spacial score (nSPS) is 38.4. The minimum atomic E-state index is -0.530. The Labute approximate surface area is 151 Å². The van der Waals surface area contributed by atoms with Crippen LogP contribution < -0.4 is 0 Å². The molecule has 0 N–H and O–H groups in total. The first-order chi connectivity index (χ1) is 11.8. The number of unbranched alkanes of at least 4 members (excludes halogenated alkanes) is 1. The first kappa shape index (κ1) is 18.5. The summed E-state index contributed by atoms with van der Waals surface area (Å²) in [6.45, 7) is 9.41. The van der Waals surface area contributed by atoms with E-state index < -0.39 is 11.9 Å². The lowest BCUT2D eigenvalue weighted by Crippen LogP contribution is -2.62. The summed E-state index contributed by atoms with van der Waals surface area (Å²) in [5, 5.41) is 0. The van der Waals surface area contributed by atoms with Crippen LogP contribution in [0.15, 0.2) is 12.2 Å². The lowest BCUT2D eigenvalue weighted by molar-refractivity contribution is -0.228. The van der Waals surface area contributed by atoms with Crippen molar-refractivity contribution in [3.05, 3.63) is 12.2 Å². The van der Waals surface area contributed by atoms with Crippen LogP contribution >= 0.6 is 0 Å². The summed E-state index contributed by atoms with van der Waals surface area (Å²) in [6, 6.07) is 0. The van der Waals surface area contributed by atoms with Gasteiger partial charge in [-0.2, -0.15) is 0 Å². The van der Waals surface area contributed by atoms with Gasteiger partial charge >= 0.3 is 11.9 Å². The molecule has 4 fully saturated rings. The van der Waals surface area contributed by atoms with E-state index in [2.05, 4.69) is 20.4 Å². The molecule has 0 aromatic carbocycles. The molecule has 25 heavy (non-hydrogen) atoms. The van der Waals surface area contributed by atoms with Crippen LogP contribution in [0.2, 0.25) is 0 Å². The van der Waals surface area contributed by atoms with E-state index >= 15 is 0 Å². The van der Waals surface area contributed by atoms with Gasteiger partial charge in [-0.25, -0.2) is 9.59 Å². The van der Waals surface area contributed by atoms with E-state index in [1.807, 2.05) is 0 Å². The third kappa shape index (κ3) is 3.50. The molecule has 0 aromatic heterocycles. The van der Waals surface area contributed by atoms with Gasteiger partial charge in [-0.15, -0.1) is 0 Å². The van der Waals surface area contributed by atoms with E-state index in [0.717, 1.165) is 25.2 Å². The van der Waals surface area contributed by atoms with Gasteiger partial charge in [0, 0.05) is 5.57 Å². The molecule has 0 radical (unpaired) electrons. The van der Waals surface area contributed by atoms with E-state index in [1.54, 1.807) is 6.92 Å². The first-order valence-corrected chi connectivity index (χ1v) is 9.82. The van der Waals surface area contributed by atoms with Gasteiger partial charge < -0.3 is 9.47 Å². The number of carbonyl (C=O) groups excluding carboxylic acids is 2. The van der Waals surface area contributed by atoms with Gasteiger partial charge in [0.1, 0.15) is 5.60 Å². The van der Waals surface area contributed by atoms with Crippen molar-refractivity contribution in [1.29, 1.82) is 0 Å². The molecule has 0 heterocycles. The Bertz CT molecular complexity index is 548. The molecule has 0 aliphatic heterocycles. The smallest absolute Gasteiger partial charge is 0.344 e. The summed E-state index contributed by atoms with van der Waals surface area (Å²) in [4.78, 5) is 24.0. The molecule has 0 spiro atoms. The average Bonchev–Trinajstić information content (AvgIpc) is 2.53. The zero-order valence-corrected chi connectivity index (χ0v) is 15.9. The minimum Gasteiger partial charge on any atom is -0.456 e. The third-order valence-corrected chi connectivity index (χ3v) is 6.77. The van der Waals surface area contributed by atoms with E-state index in [0.29, 0.717) is 22.8 Å². The van der Waals surface area contributed by atoms with Gasteiger partial charge in [-0.05, 0) is 75.0 Å². The fourth-order valence-corrected chi connectivity index (χ4v) is 6.02. The van der Waals surface area contributed by atoms with E-state index in [9.17, 15) is 9.59 Å². The predicted molar refractivity (Wildman–Crippen MR) is 95.8 cm³/mol. The minimum absolute atomic E-state index is 0.302. The Morgan fingerprint density at radius 2 is 1.80 bits per heavy atom. The van der Waals surface area contributed by atoms with Gasteiger partial charge in [0.15, 0.2) is 6.61 Å². The number of hydrogen-bond acceptors (Lipinski definition) is 4. The molecule has 4 saturated carbocycles. The average molecular weight is 348 g/mol. The van der Waals surface area contributed by atoms with Crippen molar-refractivity contribution in [2.45, 2.75) is 77.7 Å². The van der Waals surface area contributed by atoms with Crippen LogP contribution in [-0.4, -0.2) is 24.1 Å². The summed E-state index contributed by atoms with van der Waals surface area (Å²) >= 11 is 0. The van der Waals surface area contributed by atoms with Crippen molar-refractivity contribution < 1.29 is 19.1 Å². The Balaban J connectivity index is 1.72. The predicted octanol–water partition coefficient (Wildman–Crippen LogP) is 4.42. The quantitative estimate of drug-likeness (QED) is 0.505. The van der Waals surface area contributed by atoms with Crippen molar-refractivity contribution in [3.63, 3.8) is 0 Å². The lowest BCUT2D eigenvalue weighted by atomic mass is 9.44. The fraction of sp³-hybridized carbons (Fsp3) is 0.810. The maximum atomic E-state index is 12.5. The van der Waals surface area contributed by atoms with E-state index in [4.69, 9.17) is 9.47 Å².